The van der Waals surface area contributed by atoms with Gasteiger partial charge in [-0.2, -0.15) is 0 Å². The maximum atomic E-state index is 5.48. The number of imidazole rings is 2. The van der Waals surface area contributed by atoms with E-state index in [0.717, 1.165) is 50.5 Å². The molecule has 1 aliphatic heterocycles. The molecule has 0 spiro atoms. The minimum Gasteiger partial charge on any atom is -0.292 e. The van der Waals surface area contributed by atoms with Crippen LogP contribution < -0.4 is 0 Å². The van der Waals surface area contributed by atoms with E-state index in [1.54, 1.807) is 0 Å². The van der Waals surface area contributed by atoms with E-state index in [0.29, 0.717) is 5.92 Å². The summed E-state index contributed by atoms with van der Waals surface area (Å²) >= 11 is 0. The largest absolute Gasteiger partial charge is 0.292 e. The number of fused-ring (bicyclic) bond motifs is 3. The van der Waals surface area contributed by atoms with Gasteiger partial charge in [0.05, 0.1) is 33.4 Å². The number of benzene rings is 8. The van der Waals surface area contributed by atoms with Gasteiger partial charge in [0.1, 0.15) is 11.6 Å². The molecule has 8 aromatic carbocycles. The number of rotatable bonds is 7. The van der Waals surface area contributed by atoms with Crippen molar-refractivity contribution < 1.29 is 0 Å². The number of nitrogens with zero attached hydrogens (tertiary/aromatic N) is 4. The first-order valence-corrected chi connectivity index (χ1v) is 21.4. The minimum atomic E-state index is 0.158. The van der Waals surface area contributed by atoms with Gasteiger partial charge in [-0.15, -0.1) is 0 Å². The standard InChI is InChI=1S/C57H46N4/c1-35(2)47-31-45(40-19-11-7-12-20-40)32-48-38(5)49-33-46(34-51-55(49)61(54(47)48)57(59-51)42-21-13-8-14-22-42)41-25-27-43(28-26-41)56-58-50-23-15-16-24-52(50)60(56)53-36(3)29-44(30-37(53)4)39-17-9-6-10-18-39/h6-35,38H,1-5H3. The van der Waals surface area contributed by atoms with Crippen LogP contribution in [-0.4, -0.2) is 19.1 Å². The monoisotopic (exact) mass is 786 g/mol. The van der Waals surface area contributed by atoms with Crippen molar-refractivity contribution in [1.29, 1.82) is 0 Å². The summed E-state index contributed by atoms with van der Waals surface area (Å²) in [5.74, 6) is 2.39. The predicted octanol–water partition coefficient (Wildman–Crippen LogP) is 14.9. The molecule has 0 N–H and O–H groups in total. The fourth-order valence-corrected chi connectivity index (χ4v) is 9.77. The topological polar surface area (TPSA) is 35.6 Å². The highest BCUT2D eigenvalue weighted by Gasteiger charge is 2.32. The van der Waals surface area contributed by atoms with Gasteiger partial charge in [-0.05, 0) is 129 Å². The smallest absolute Gasteiger partial charge is 0.145 e. The molecule has 0 radical (unpaired) electrons. The Morgan fingerprint density at radius 3 is 1.54 bits per heavy atom. The average molecular weight is 787 g/mol. The van der Waals surface area contributed by atoms with Gasteiger partial charge in [0.25, 0.3) is 0 Å². The van der Waals surface area contributed by atoms with Crippen molar-refractivity contribution in [3.05, 3.63) is 204 Å². The number of aromatic nitrogens is 4. The van der Waals surface area contributed by atoms with E-state index in [-0.39, 0.29) is 5.92 Å². The Hall–Kier alpha value is -7.30. The molecular formula is C57H46N4. The Bertz CT molecular complexity index is 3260. The lowest BCUT2D eigenvalue weighted by Gasteiger charge is -2.30. The van der Waals surface area contributed by atoms with Crippen LogP contribution in [0.1, 0.15) is 60.4 Å². The number of hydrogen-bond donors (Lipinski definition) is 0. The molecule has 61 heavy (non-hydrogen) atoms. The van der Waals surface area contributed by atoms with E-state index >= 15 is 0 Å². The lowest BCUT2D eigenvalue weighted by atomic mass is 9.81. The summed E-state index contributed by atoms with van der Waals surface area (Å²) in [4.78, 5) is 10.8. The van der Waals surface area contributed by atoms with Gasteiger partial charge in [-0.3, -0.25) is 9.13 Å². The van der Waals surface area contributed by atoms with Crippen molar-refractivity contribution >= 4 is 22.1 Å². The summed E-state index contributed by atoms with van der Waals surface area (Å²) in [5, 5.41) is 0. The molecule has 11 rings (SSSR count). The van der Waals surface area contributed by atoms with Gasteiger partial charge in [0.2, 0.25) is 0 Å². The number of hydrogen-bond acceptors (Lipinski definition) is 2. The normalized spacial score (nSPS) is 13.3. The first-order valence-electron chi connectivity index (χ1n) is 21.4. The predicted molar refractivity (Wildman–Crippen MR) is 254 cm³/mol. The molecule has 3 heterocycles. The number of aryl methyl sites for hydroxylation is 2. The first kappa shape index (κ1) is 36.8. The fraction of sp³-hybridized carbons (Fsp3) is 0.123. The van der Waals surface area contributed by atoms with Crippen LogP contribution in [0.15, 0.2) is 176 Å². The van der Waals surface area contributed by atoms with Crippen molar-refractivity contribution in [3.63, 3.8) is 0 Å². The minimum absolute atomic E-state index is 0.158. The molecule has 2 aromatic heterocycles. The molecule has 0 amide bonds. The van der Waals surface area contributed by atoms with Crippen LogP contribution in [0.5, 0.6) is 0 Å². The lowest BCUT2D eigenvalue weighted by Crippen LogP contribution is -2.16. The summed E-state index contributed by atoms with van der Waals surface area (Å²) in [7, 11) is 0. The highest BCUT2D eigenvalue weighted by Crippen LogP contribution is 2.48. The van der Waals surface area contributed by atoms with Crippen LogP contribution in [0, 0.1) is 13.8 Å². The van der Waals surface area contributed by atoms with Crippen LogP contribution >= 0.6 is 0 Å². The molecule has 10 aromatic rings. The van der Waals surface area contributed by atoms with E-state index in [1.165, 1.54) is 67.0 Å². The maximum Gasteiger partial charge on any atom is 0.145 e. The zero-order valence-corrected chi connectivity index (χ0v) is 35.2. The van der Waals surface area contributed by atoms with Crippen molar-refractivity contribution in [1.82, 2.24) is 19.1 Å². The fourth-order valence-electron chi connectivity index (χ4n) is 9.77. The molecule has 0 bridgehead atoms. The third-order valence-electron chi connectivity index (χ3n) is 12.7. The Morgan fingerprint density at radius 2 is 0.902 bits per heavy atom. The molecule has 0 saturated heterocycles. The molecule has 294 valence electrons. The molecule has 1 atom stereocenters. The van der Waals surface area contributed by atoms with E-state index in [9.17, 15) is 0 Å². The second-order valence-corrected chi connectivity index (χ2v) is 17.0. The third-order valence-corrected chi connectivity index (χ3v) is 12.7. The van der Waals surface area contributed by atoms with Crippen molar-refractivity contribution in [2.75, 3.05) is 0 Å². The third kappa shape index (κ3) is 6.04. The molecule has 0 saturated carbocycles. The second kappa shape index (κ2) is 14.5. The van der Waals surface area contributed by atoms with E-state index in [1.807, 2.05) is 0 Å². The van der Waals surface area contributed by atoms with Crippen molar-refractivity contribution in [2.45, 2.75) is 46.5 Å². The summed E-state index contributed by atoms with van der Waals surface area (Å²) in [5.41, 5.74) is 22.6. The molecule has 0 fully saturated rings. The van der Waals surface area contributed by atoms with Gasteiger partial charge in [-0.1, -0.05) is 148 Å². The van der Waals surface area contributed by atoms with Crippen molar-refractivity contribution in [3.8, 4) is 67.5 Å². The number of para-hydroxylation sites is 2. The Kier molecular flexibility index (Phi) is 8.71. The van der Waals surface area contributed by atoms with Crippen LogP contribution in [0.25, 0.3) is 89.6 Å². The van der Waals surface area contributed by atoms with Gasteiger partial charge in [0.15, 0.2) is 0 Å². The van der Waals surface area contributed by atoms with E-state index in [4.69, 9.17) is 9.97 Å². The average Bonchev–Trinajstić information content (AvgIpc) is 3.88. The van der Waals surface area contributed by atoms with Gasteiger partial charge >= 0.3 is 0 Å². The van der Waals surface area contributed by atoms with Gasteiger partial charge < -0.3 is 0 Å². The van der Waals surface area contributed by atoms with E-state index < -0.39 is 0 Å². The van der Waals surface area contributed by atoms with Crippen LogP contribution in [0.3, 0.4) is 0 Å². The molecule has 1 aliphatic rings. The molecule has 4 heteroatoms. The second-order valence-electron chi connectivity index (χ2n) is 17.0. The van der Waals surface area contributed by atoms with E-state index in [2.05, 4.69) is 220 Å². The van der Waals surface area contributed by atoms with Gasteiger partial charge in [-0.25, -0.2) is 9.97 Å². The molecule has 1 unspecified atom stereocenters. The summed E-state index contributed by atoms with van der Waals surface area (Å²) in [6, 6.07) is 63.7. The molecule has 0 aliphatic carbocycles. The zero-order valence-electron chi connectivity index (χ0n) is 35.2. The highest BCUT2D eigenvalue weighted by atomic mass is 15.1. The quantitative estimate of drug-likeness (QED) is 0.161. The summed E-state index contributed by atoms with van der Waals surface area (Å²) in [6.07, 6.45) is 0. The van der Waals surface area contributed by atoms with Crippen LogP contribution in [0.4, 0.5) is 0 Å². The van der Waals surface area contributed by atoms with Crippen LogP contribution in [0.2, 0.25) is 0 Å². The van der Waals surface area contributed by atoms with Crippen molar-refractivity contribution in [2.24, 2.45) is 0 Å². The highest BCUT2D eigenvalue weighted by molar-refractivity contribution is 5.94. The molecular weight excluding hydrogens is 741 g/mol. The summed E-state index contributed by atoms with van der Waals surface area (Å²) in [6.45, 7) is 11.4. The van der Waals surface area contributed by atoms with Gasteiger partial charge in [0, 0.05) is 17.0 Å². The Labute approximate surface area is 357 Å². The molecule has 4 nitrogen and oxygen atoms in total. The van der Waals surface area contributed by atoms with Crippen LogP contribution in [-0.2, 0) is 0 Å². The zero-order chi connectivity index (χ0) is 41.4. The Morgan fingerprint density at radius 1 is 0.426 bits per heavy atom. The first-order chi connectivity index (χ1) is 29.8. The summed E-state index contributed by atoms with van der Waals surface area (Å²) < 4.78 is 4.82. The lowest BCUT2D eigenvalue weighted by molar-refractivity contribution is 0.814. The maximum absolute atomic E-state index is 5.48. The SMILES string of the molecule is Cc1cc(-c2ccccc2)cc(C)c1-n1c(-c2ccc(-c3cc4c5c(c3)nc(-c3ccccc3)n5-c3c(C(C)C)cc(-c5ccccc5)cc3C4C)cc2)nc2ccccc21. The Balaban J connectivity index is 1.06.